The van der Waals surface area contributed by atoms with Gasteiger partial charge in [-0.1, -0.05) is 11.6 Å². The molecule has 0 bridgehead atoms. The summed E-state index contributed by atoms with van der Waals surface area (Å²) in [4.78, 5) is 15.3. The summed E-state index contributed by atoms with van der Waals surface area (Å²) >= 11 is 6.00. The number of anilines is 1. The number of hydrogen-bond donors (Lipinski definition) is 2. The molecule has 18 heavy (non-hydrogen) atoms. The molecule has 5 nitrogen and oxygen atoms in total. The first-order chi connectivity index (χ1) is 8.56. The summed E-state index contributed by atoms with van der Waals surface area (Å²) in [5.74, 6) is -0.251. The number of nitrogens with zero attached hydrogens (tertiary/aromatic N) is 1. The quantitative estimate of drug-likeness (QED) is 0.894. The van der Waals surface area contributed by atoms with E-state index in [-0.39, 0.29) is 5.56 Å². The van der Waals surface area contributed by atoms with E-state index < -0.39 is 5.97 Å². The lowest BCUT2D eigenvalue weighted by atomic mass is 10.1. The van der Waals surface area contributed by atoms with Gasteiger partial charge in [-0.3, -0.25) is 0 Å². The largest absolute Gasteiger partial charge is 0.495 e. The summed E-state index contributed by atoms with van der Waals surface area (Å²) in [7, 11) is 3.12. The number of ether oxygens (including phenoxy) is 1. The number of rotatable bonds is 3. The molecule has 0 spiro atoms. The van der Waals surface area contributed by atoms with E-state index in [2.05, 4.69) is 10.3 Å². The van der Waals surface area contributed by atoms with Crippen molar-refractivity contribution in [2.75, 3.05) is 19.5 Å². The van der Waals surface area contributed by atoms with Crippen LogP contribution in [0, 0.1) is 0 Å². The van der Waals surface area contributed by atoms with E-state index in [0.717, 1.165) is 0 Å². The number of carboxylic acids is 1. The highest BCUT2D eigenvalue weighted by Crippen LogP contribution is 2.30. The molecule has 0 unspecified atom stereocenters. The van der Waals surface area contributed by atoms with Crippen LogP contribution in [0.25, 0.3) is 10.9 Å². The number of carbonyl (C=O) groups is 1. The van der Waals surface area contributed by atoms with Crippen molar-refractivity contribution in [3.05, 3.63) is 28.8 Å². The van der Waals surface area contributed by atoms with Crippen molar-refractivity contribution in [1.82, 2.24) is 4.98 Å². The first-order valence-corrected chi connectivity index (χ1v) is 5.54. The number of nitrogens with one attached hydrogen (secondary N) is 1. The maximum Gasteiger partial charge on any atom is 0.339 e. The van der Waals surface area contributed by atoms with Crippen LogP contribution >= 0.6 is 11.6 Å². The summed E-state index contributed by atoms with van der Waals surface area (Å²) < 4.78 is 5.09. The maximum absolute atomic E-state index is 11.1. The molecular weight excluding hydrogens is 256 g/mol. The van der Waals surface area contributed by atoms with E-state index in [9.17, 15) is 4.79 Å². The molecule has 6 heteroatoms. The number of halogens is 1. The molecule has 0 atom stereocenters. The minimum Gasteiger partial charge on any atom is -0.495 e. The molecule has 0 aliphatic carbocycles. The van der Waals surface area contributed by atoms with Gasteiger partial charge in [0.25, 0.3) is 0 Å². The Morgan fingerprint density at radius 2 is 2.17 bits per heavy atom. The monoisotopic (exact) mass is 266 g/mol. The molecule has 0 saturated heterocycles. The number of aromatic nitrogens is 1. The Kier molecular flexibility index (Phi) is 3.25. The second-order valence-electron chi connectivity index (χ2n) is 3.62. The van der Waals surface area contributed by atoms with Crippen LogP contribution in [0.15, 0.2) is 18.2 Å². The Bertz CT molecular complexity index is 628. The Hall–Kier alpha value is -2.01. The van der Waals surface area contributed by atoms with Crippen molar-refractivity contribution in [3.8, 4) is 5.75 Å². The van der Waals surface area contributed by atoms with Crippen molar-refractivity contribution in [3.63, 3.8) is 0 Å². The van der Waals surface area contributed by atoms with Gasteiger partial charge in [-0.15, -0.1) is 0 Å². The number of aromatic carboxylic acids is 1. The first-order valence-electron chi connectivity index (χ1n) is 5.16. The van der Waals surface area contributed by atoms with Crippen LogP contribution in [-0.2, 0) is 0 Å². The lowest BCUT2D eigenvalue weighted by Crippen LogP contribution is -2.05. The van der Waals surface area contributed by atoms with Crippen molar-refractivity contribution >= 4 is 34.3 Å². The third-order valence-corrected chi connectivity index (χ3v) is 2.85. The minimum absolute atomic E-state index is 0.106. The number of methoxy groups -OCH3 is 1. The SMILES string of the molecule is CNc1nc2cc(Cl)c(OC)cc2cc1C(=O)O. The second-order valence-corrected chi connectivity index (χ2v) is 4.03. The number of fused-ring (bicyclic) bond motifs is 1. The van der Waals surface area contributed by atoms with E-state index in [1.54, 1.807) is 19.2 Å². The average molecular weight is 267 g/mol. The molecular formula is C12H11ClN2O3. The van der Waals surface area contributed by atoms with Gasteiger partial charge in [0.1, 0.15) is 17.1 Å². The molecule has 0 aliphatic heterocycles. The smallest absolute Gasteiger partial charge is 0.339 e. The number of carboxylic acid groups (broad SMARTS) is 1. The molecule has 0 saturated carbocycles. The molecule has 1 heterocycles. The van der Waals surface area contributed by atoms with Gasteiger partial charge in [0.05, 0.1) is 17.6 Å². The molecule has 1 aromatic heterocycles. The molecule has 0 fully saturated rings. The van der Waals surface area contributed by atoms with E-state index in [4.69, 9.17) is 21.4 Å². The van der Waals surface area contributed by atoms with Gasteiger partial charge < -0.3 is 15.2 Å². The van der Waals surface area contributed by atoms with Crippen LogP contribution in [0.5, 0.6) is 5.75 Å². The van der Waals surface area contributed by atoms with Gasteiger partial charge in [-0.2, -0.15) is 0 Å². The Morgan fingerprint density at radius 3 is 2.72 bits per heavy atom. The van der Waals surface area contributed by atoms with E-state index in [1.807, 2.05) is 0 Å². The van der Waals surface area contributed by atoms with E-state index in [1.165, 1.54) is 13.2 Å². The molecule has 2 rings (SSSR count). The van der Waals surface area contributed by atoms with Crippen LogP contribution in [0.4, 0.5) is 5.82 Å². The van der Waals surface area contributed by atoms with E-state index >= 15 is 0 Å². The third kappa shape index (κ3) is 2.04. The predicted octanol–water partition coefficient (Wildman–Crippen LogP) is 2.64. The summed E-state index contributed by atoms with van der Waals surface area (Å²) in [6.07, 6.45) is 0. The zero-order chi connectivity index (χ0) is 13.3. The highest BCUT2D eigenvalue weighted by atomic mass is 35.5. The van der Waals surface area contributed by atoms with Gasteiger partial charge in [-0.05, 0) is 18.2 Å². The fourth-order valence-electron chi connectivity index (χ4n) is 1.69. The predicted molar refractivity (Wildman–Crippen MR) is 69.8 cm³/mol. The van der Waals surface area contributed by atoms with Crippen molar-refractivity contribution in [1.29, 1.82) is 0 Å². The van der Waals surface area contributed by atoms with Crippen molar-refractivity contribution < 1.29 is 14.6 Å². The molecule has 94 valence electrons. The van der Waals surface area contributed by atoms with E-state index in [0.29, 0.717) is 27.5 Å². The topological polar surface area (TPSA) is 71.5 Å². The van der Waals surface area contributed by atoms with Gasteiger partial charge in [0.15, 0.2) is 0 Å². The lowest BCUT2D eigenvalue weighted by Gasteiger charge is -2.09. The Labute approximate surface area is 108 Å². The lowest BCUT2D eigenvalue weighted by molar-refractivity contribution is 0.0698. The van der Waals surface area contributed by atoms with Crippen molar-refractivity contribution in [2.24, 2.45) is 0 Å². The van der Waals surface area contributed by atoms with Crippen LogP contribution < -0.4 is 10.1 Å². The summed E-state index contributed by atoms with van der Waals surface area (Å²) in [5, 5.41) is 12.9. The molecule has 2 aromatic rings. The van der Waals surface area contributed by atoms with Gasteiger partial charge in [0.2, 0.25) is 0 Å². The summed E-state index contributed by atoms with van der Waals surface area (Å²) in [5.41, 5.74) is 0.713. The van der Waals surface area contributed by atoms with Crippen LogP contribution in [0.1, 0.15) is 10.4 Å². The number of hydrogen-bond acceptors (Lipinski definition) is 4. The second kappa shape index (κ2) is 4.70. The average Bonchev–Trinajstić information content (AvgIpc) is 2.36. The maximum atomic E-state index is 11.1. The molecule has 0 aliphatic rings. The fraction of sp³-hybridized carbons (Fsp3) is 0.167. The Morgan fingerprint density at radius 1 is 1.44 bits per heavy atom. The molecule has 2 N–H and O–H groups in total. The Balaban J connectivity index is 2.75. The first kappa shape index (κ1) is 12.4. The normalized spacial score (nSPS) is 10.4. The highest BCUT2D eigenvalue weighted by molar-refractivity contribution is 6.32. The van der Waals surface area contributed by atoms with Crippen LogP contribution in [0.3, 0.4) is 0 Å². The fourth-order valence-corrected chi connectivity index (χ4v) is 1.92. The van der Waals surface area contributed by atoms with Gasteiger partial charge >= 0.3 is 5.97 Å². The zero-order valence-corrected chi connectivity index (χ0v) is 10.6. The summed E-state index contributed by atoms with van der Waals surface area (Å²) in [6, 6.07) is 4.84. The zero-order valence-electron chi connectivity index (χ0n) is 9.82. The molecule has 0 amide bonds. The standard InChI is InChI=1S/C12H11ClN2O3/c1-14-11-7(12(16)17)3-6-4-10(18-2)8(13)5-9(6)15-11/h3-5H,1-2H3,(H,14,15)(H,16,17). The number of benzene rings is 1. The summed E-state index contributed by atoms with van der Waals surface area (Å²) in [6.45, 7) is 0. The molecule has 0 radical (unpaired) electrons. The van der Waals surface area contributed by atoms with Gasteiger partial charge in [-0.25, -0.2) is 9.78 Å². The number of pyridine rings is 1. The van der Waals surface area contributed by atoms with Gasteiger partial charge in [0, 0.05) is 12.4 Å². The van der Waals surface area contributed by atoms with Crippen LogP contribution in [-0.4, -0.2) is 30.2 Å². The highest BCUT2D eigenvalue weighted by Gasteiger charge is 2.13. The van der Waals surface area contributed by atoms with Crippen molar-refractivity contribution in [2.45, 2.75) is 0 Å². The third-order valence-electron chi connectivity index (χ3n) is 2.56. The molecule has 1 aromatic carbocycles. The van der Waals surface area contributed by atoms with Crippen LogP contribution in [0.2, 0.25) is 5.02 Å². The minimum atomic E-state index is -1.04.